The maximum absolute atomic E-state index is 12.2. The highest BCUT2D eigenvalue weighted by Crippen LogP contribution is 2.23. The zero-order chi connectivity index (χ0) is 13.2. The number of carboxylic acids is 1. The van der Waals surface area contributed by atoms with Crippen molar-refractivity contribution in [2.75, 3.05) is 20.7 Å². The summed E-state index contributed by atoms with van der Waals surface area (Å²) in [7, 11) is 3.21. The molecule has 2 N–H and O–H groups in total. The average molecular weight is 244 g/mol. The van der Waals surface area contributed by atoms with Gasteiger partial charge in [-0.1, -0.05) is 0 Å². The molecule has 1 aliphatic rings. The third-order valence-electron chi connectivity index (χ3n) is 3.30. The number of carboxylic acid groups (broad SMARTS) is 1. The Labute approximate surface area is 101 Å². The Bertz CT molecular complexity index is 317. The second-order valence-corrected chi connectivity index (χ2v) is 4.78. The van der Waals surface area contributed by atoms with Gasteiger partial charge in [0.05, 0.1) is 11.6 Å². The number of nitrogens with zero attached hydrogens (tertiary/aromatic N) is 1. The van der Waals surface area contributed by atoms with Crippen molar-refractivity contribution in [3.05, 3.63) is 0 Å². The minimum atomic E-state index is -0.982. The Morgan fingerprint density at radius 1 is 1.47 bits per heavy atom. The first kappa shape index (κ1) is 13.9. The molecular weight excluding hydrogens is 224 g/mol. The van der Waals surface area contributed by atoms with E-state index in [1.165, 1.54) is 12.0 Å². The van der Waals surface area contributed by atoms with Crippen LogP contribution in [0.4, 0.5) is 0 Å². The summed E-state index contributed by atoms with van der Waals surface area (Å²) in [6.45, 7) is 3.79. The van der Waals surface area contributed by atoms with Crippen LogP contribution in [0.25, 0.3) is 0 Å². The molecule has 1 heterocycles. The van der Waals surface area contributed by atoms with E-state index in [2.05, 4.69) is 5.32 Å². The largest absolute Gasteiger partial charge is 0.480 e. The summed E-state index contributed by atoms with van der Waals surface area (Å²) >= 11 is 0. The number of nitrogens with one attached hydrogen (secondary N) is 1. The molecule has 1 rings (SSSR count). The lowest BCUT2D eigenvalue weighted by atomic mass is 10.0. The van der Waals surface area contributed by atoms with Gasteiger partial charge in [-0.05, 0) is 20.9 Å². The van der Waals surface area contributed by atoms with E-state index in [9.17, 15) is 9.59 Å². The molecule has 0 radical (unpaired) electrons. The van der Waals surface area contributed by atoms with Crippen LogP contribution in [0.3, 0.4) is 0 Å². The minimum Gasteiger partial charge on any atom is -0.480 e. The van der Waals surface area contributed by atoms with Gasteiger partial charge in [-0.25, -0.2) is 4.79 Å². The minimum absolute atomic E-state index is 0.201. The molecular formula is C11H20N2O4. The Kier molecular flexibility index (Phi) is 4.11. The standard InChI is InChI=1S/C11H20N2O4/c1-11(2,12-3)10(16)13-6-7(17-4)5-8(13)9(14)15/h7-8,12H,5-6H2,1-4H3,(H,14,15). The van der Waals surface area contributed by atoms with Crippen LogP contribution in [0.5, 0.6) is 0 Å². The van der Waals surface area contributed by atoms with Crippen LogP contribution in [0.15, 0.2) is 0 Å². The molecule has 1 aliphatic heterocycles. The van der Waals surface area contributed by atoms with E-state index in [1.807, 2.05) is 0 Å². The molecule has 6 heteroatoms. The van der Waals surface area contributed by atoms with Crippen molar-refractivity contribution in [3.8, 4) is 0 Å². The number of hydrogen-bond donors (Lipinski definition) is 2. The van der Waals surface area contributed by atoms with E-state index < -0.39 is 17.6 Å². The van der Waals surface area contributed by atoms with Crippen LogP contribution in [0.2, 0.25) is 0 Å². The molecule has 6 nitrogen and oxygen atoms in total. The molecule has 1 fully saturated rings. The molecule has 2 atom stereocenters. The van der Waals surface area contributed by atoms with Gasteiger partial charge >= 0.3 is 5.97 Å². The zero-order valence-corrected chi connectivity index (χ0v) is 10.7. The van der Waals surface area contributed by atoms with Crippen molar-refractivity contribution in [1.29, 1.82) is 0 Å². The monoisotopic (exact) mass is 244 g/mol. The topological polar surface area (TPSA) is 78.9 Å². The van der Waals surface area contributed by atoms with E-state index in [4.69, 9.17) is 9.84 Å². The predicted octanol–water partition coefficient (Wildman–Crippen LogP) is -0.315. The number of likely N-dealkylation sites (tertiary alicyclic amines) is 1. The number of ether oxygens (including phenoxy) is 1. The summed E-state index contributed by atoms with van der Waals surface area (Å²) in [4.78, 5) is 24.7. The number of carbonyl (C=O) groups is 2. The summed E-state index contributed by atoms with van der Waals surface area (Å²) in [5.74, 6) is -1.20. The van der Waals surface area contributed by atoms with E-state index in [1.54, 1.807) is 20.9 Å². The van der Waals surface area contributed by atoms with Crippen LogP contribution in [-0.4, -0.2) is 60.3 Å². The van der Waals surface area contributed by atoms with Gasteiger partial charge in [-0.3, -0.25) is 4.79 Å². The number of carbonyl (C=O) groups excluding carboxylic acids is 1. The van der Waals surface area contributed by atoms with Crippen LogP contribution in [0, 0.1) is 0 Å². The van der Waals surface area contributed by atoms with E-state index in [-0.39, 0.29) is 12.0 Å². The van der Waals surface area contributed by atoms with E-state index >= 15 is 0 Å². The van der Waals surface area contributed by atoms with E-state index in [0.717, 1.165) is 0 Å². The molecule has 0 aliphatic carbocycles. The van der Waals surface area contributed by atoms with Gasteiger partial charge in [0.2, 0.25) is 5.91 Å². The van der Waals surface area contributed by atoms with Crippen molar-refractivity contribution in [1.82, 2.24) is 10.2 Å². The third-order valence-corrected chi connectivity index (χ3v) is 3.30. The van der Waals surface area contributed by atoms with E-state index in [0.29, 0.717) is 13.0 Å². The molecule has 2 unspecified atom stereocenters. The fourth-order valence-electron chi connectivity index (χ4n) is 1.89. The molecule has 0 bridgehead atoms. The summed E-state index contributed by atoms with van der Waals surface area (Å²) in [5.41, 5.74) is -0.768. The highest BCUT2D eigenvalue weighted by molar-refractivity contribution is 5.90. The van der Waals surface area contributed by atoms with Crippen molar-refractivity contribution < 1.29 is 19.4 Å². The molecule has 0 aromatic heterocycles. The fourth-order valence-corrected chi connectivity index (χ4v) is 1.89. The third kappa shape index (κ3) is 2.76. The molecule has 17 heavy (non-hydrogen) atoms. The number of aliphatic carboxylic acids is 1. The smallest absolute Gasteiger partial charge is 0.326 e. The lowest BCUT2D eigenvalue weighted by Gasteiger charge is -2.31. The lowest BCUT2D eigenvalue weighted by molar-refractivity contribution is -0.150. The molecule has 1 amide bonds. The number of rotatable bonds is 4. The van der Waals surface area contributed by atoms with Gasteiger partial charge in [0.25, 0.3) is 0 Å². The summed E-state index contributed by atoms with van der Waals surface area (Å²) < 4.78 is 5.14. The van der Waals surface area contributed by atoms with Gasteiger partial charge in [0.1, 0.15) is 6.04 Å². The van der Waals surface area contributed by atoms with Gasteiger partial charge in [0.15, 0.2) is 0 Å². The summed E-state index contributed by atoms with van der Waals surface area (Å²) in [6.07, 6.45) is 0.143. The first-order valence-corrected chi connectivity index (χ1v) is 5.59. The lowest BCUT2D eigenvalue weighted by Crippen LogP contribution is -2.55. The van der Waals surface area contributed by atoms with Gasteiger partial charge in [-0.2, -0.15) is 0 Å². The number of likely N-dealkylation sites (N-methyl/N-ethyl adjacent to an activating group) is 1. The van der Waals surface area contributed by atoms with Gasteiger partial charge in [0, 0.05) is 20.1 Å². The van der Waals surface area contributed by atoms with Crippen LogP contribution >= 0.6 is 0 Å². The maximum atomic E-state index is 12.2. The van der Waals surface area contributed by atoms with Crippen LogP contribution in [0.1, 0.15) is 20.3 Å². The van der Waals surface area contributed by atoms with Crippen LogP contribution in [-0.2, 0) is 14.3 Å². The van der Waals surface area contributed by atoms with Crippen molar-refractivity contribution in [2.24, 2.45) is 0 Å². The second-order valence-electron chi connectivity index (χ2n) is 4.78. The Hall–Kier alpha value is -1.14. The maximum Gasteiger partial charge on any atom is 0.326 e. The zero-order valence-electron chi connectivity index (χ0n) is 10.7. The normalized spacial score (nSPS) is 25.1. The summed E-state index contributed by atoms with van der Waals surface area (Å²) in [5, 5.41) is 12.0. The average Bonchev–Trinajstić information content (AvgIpc) is 2.71. The van der Waals surface area contributed by atoms with Gasteiger partial charge in [-0.15, -0.1) is 0 Å². The molecule has 0 aromatic rings. The van der Waals surface area contributed by atoms with Gasteiger partial charge < -0.3 is 20.1 Å². The first-order chi connectivity index (χ1) is 7.83. The van der Waals surface area contributed by atoms with Crippen molar-refractivity contribution in [2.45, 2.75) is 38.0 Å². The SMILES string of the molecule is CNC(C)(C)C(=O)N1CC(OC)CC1C(=O)O. The molecule has 98 valence electrons. The Balaban J connectivity index is 2.87. The number of hydrogen-bond acceptors (Lipinski definition) is 4. The van der Waals surface area contributed by atoms with Crippen LogP contribution < -0.4 is 5.32 Å². The molecule has 0 saturated carbocycles. The molecule has 0 aromatic carbocycles. The fraction of sp³-hybridized carbons (Fsp3) is 0.818. The summed E-state index contributed by atoms with van der Waals surface area (Å²) in [6, 6.07) is -0.792. The number of methoxy groups -OCH3 is 1. The highest BCUT2D eigenvalue weighted by Gasteiger charge is 2.43. The predicted molar refractivity (Wildman–Crippen MR) is 61.7 cm³/mol. The molecule has 0 spiro atoms. The van der Waals surface area contributed by atoms with Crippen molar-refractivity contribution in [3.63, 3.8) is 0 Å². The quantitative estimate of drug-likeness (QED) is 0.709. The first-order valence-electron chi connectivity index (χ1n) is 5.59. The molecule has 1 saturated heterocycles. The van der Waals surface area contributed by atoms with Crippen molar-refractivity contribution >= 4 is 11.9 Å². The Morgan fingerprint density at radius 3 is 2.47 bits per heavy atom. The highest BCUT2D eigenvalue weighted by atomic mass is 16.5. The number of amides is 1. The second kappa shape index (κ2) is 5.01. The Morgan fingerprint density at radius 2 is 2.06 bits per heavy atom.